The molecule has 2 amide bonds. The molecular formula is C13H14ClFN2O2. The predicted octanol–water partition coefficient (Wildman–Crippen LogP) is 1.72. The SMILES string of the molecule is CCC1NCC(=O)N(Cc2cc(Cl)ccc2F)C1=O. The van der Waals surface area contributed by atoms with Crippen LogP contribution in [0.15, 0.2) is 18.2 Å². The van der Waals surface area contributed by atoms with Crippen molar-refractivity contribution in [2.75, 3.05) is 6.54 Å². The summed E-state index contributed by atoms with van der Waals surface area (Å²) in [7, 11) is 0. The van der Waals surface area contributed by atoms with Crippen LogP contribution < -0.4 is 5.32 Å². The van der Waals surface area contributed by atoms with E-state index in [0.29, 0.717) is 11.4 Å². The summed E-state index contributed by atoms with van der Waals surface area (Å²) in [4.78, 5) is 24.9. The number of hydrogen-bond donors (Lipinski definition) is 1. The zero-order chi connectivity index (χ0) is 14.0. The van der Waals surface area contributed by atoms with Gasteiger partial charge in [-0.05, 0) is 24.6 Å². The molecule has 102 valence electrons. The van der Waals surface area contributed by atoms with Gasteiger partial charge in [0.15, 0.2) is 0 Å². The second kappa shape index (κ2) is 5.67. The van der Waals surface area contributed by atoms with Gasteiger partial charge in [-0.15, -0.1) is 0 Å². The van der Waals surface area contributed by atoms with Crippen molar-refractivity contribution < 1.29 is 14.0 Å². The molecule has 1 aromatic carbocycles. The van der Waals surface area contributed by atoms with E-state index in [-0.39, 0.29) is 36.5 Å². The standard InChI is InChI=1S/C13H14ClFN2O2/c1-2-11-13(19)17(12(18)6-16-11)7-8-5-9(14)3-4-10(8)15/h3-5,11,16H,2,6-7H2,1H3. The van der Waals surface area contributed by atoms with Gasteiger partial charge in [0.1, 0.15) is 5.82 Å². The average Bonchev–Trinajstić information content (AvgIpc) is 2.38. The molecule has 0 aromatic heterocycles. The summed E-state index contributed by atoms with van der Waals surface area (Å²) in [6.07, 6.45) is 0.584. The molecule has 1 heterocycles. The van der Waals surface area contributed by atoms with Gasteiger partial charge in [0, 0.05) is 10.6 Å². The summed E-state index contributed by atoms with van der Waals surface area (Å²) in [5.41, 5.74) is 0.242. The fourth-order valence-corrected chi connectivity index (χ4v) is 2.22. The summed E-state index contributed by atoms with van der Waals surface area (Å²) >= 11 is 5.80. The zero-order valence-corrected chi connectivity index (χ0v) is 11.2. The number of amides is 2. The lowest BCUT2D eigenvalue weighted by Gasteiger charge is -2.31. The van der Waals surface area contributed by atoms with Crippen LogP contribution in [-0.4, -0.2) is 29.3 Å². The van der Waals surface area contributed by atoms with E-state index in [1.807, 2.05) is 6.92 Å². The highest BCUT2D eigenvalue weighted by Gasteiger charge is 2.33. The van der Waals surface area contributed by atoms with Crippen LogP contribution in [0.2, 0.25) is 5.02 Å². The maximum atomic E-state index is 13.6. The summed E-state index contributed by atoms with van der Waals surface area (Å²) in [6.45, 7) is 1.86. The molecule has 0 bridgehead atoms. The quantitative estimate of drug-likeness (QED) is 0.860. The van der Waals surface area contributed by atoms with Crippen LogP contribution in [0.25, 0.3) is 0 Å². The normalized spacial score (nSPS) is 19.9. The number of carbonyl (C=O) groups excluding carboxylic acids is 2. The van der Waals surface area contributed by atoms with Gasteiger partial charge in [0.25, 0.3) is 0 Å². The summed E-state index contributed by atoms with van der Waals surface area (Å²) in [5.74, 6) is -1.15. The van der Waals surface area contributed by atoms with Gasteiger partial charge >= 0.3 is 0 Å². The molecule has 1 aromatic rings. The lowest BCUT2D eigenvalue weighted by atomic mass is 10.1. The Hall–Kier alpha value is -1.46. The van der Waals surface area contributed by atoms with Crippen molar-refractivity contribution in [3.8, 4) is 0 Å². The minimum atomic E-state index is -0.475. The van der Waals surface area contributed by atoms with Crippen molar-refractivity contribution in [3.63, 3.8) is 0 Å². The molecule has 6 heteroatoms. The van der Waals surface area contributed by atoms with E-state index in [1.54, 1.807) is 0 Å². The second-order valence-electron chi connectivity index (χ2n) is 4.40. The van der Waals surface area contributed by atoms with Gasteiger partial charge in [0.05, 0.1) is 19.1 Å². The molecule has 0 aliphatic carbocycles. The number of imide groups is 1. The fourth-order valence-electron chi connectivity index (χ4n) is 2.02. The second-order valence-corrected chi connectivity index (χ2v) is 4.83. The summed E-state index contributed by atoms with van der Waals surface area (Å²) in [6, 6.07) is 3.70. The molecule has 1 fully saturated rings. The van der Waals surface area contributed by atoms with Gasteiger partial charge in [-0.1, -0.05) is 18.5 Å². The Morgan fingerprint density at radius 1 is 1.47 bits per heavy atom. The number of rotatable bonds is 3. The molecule has 1 atom stereocenters. The van der Waals surface area contributed by atoms with Gasteiger partial charge < -0.3 is 0 Å². The van der Waals surface area contributed by atoms with Crippen LogP contribution >= 0.6 is 11.6 Å². The van der Waals surface area contributed by atoms with Gasteiger partial charge in [-0.3, -0.25) is 19.8 Å². The van der Waals surface area contributed by atoms with Crippen molar-refractivity contribution in [1.29, 1.82) is 0 Å². The third-order valence-corrected chi connectivity index (χ3v) is 3.34. The van der Waals surface area contributed by atoms with Crippen LogP contribution in [0, 0.1) is 5.82 Å². The highest BCUT2D eigenvalue weighted by molar-refractivity contribution is 6.30. The first-order valence-corrected chi connectivity index (χ1v) is 6.42. The number of halogens is 2. The maximum Gasteiger partial charge on any atom is 0.246 e. The first-order valence-electron chi connectivity index (χ1n) is 6.04. The van der Waals surface area contributed by atoms with Crippen molar-refractivity contribution in [2.24, 2.45) is 0 Å². The Balaban J connectivity index is 2.22. The van der Waals surface area contributed by atoms with Gasteiger partial charge in [0.2, 0.25) is 11.8 Å². The molecule has 1 saturated heterocycles. The molecular weight excluding hydrogens is 271 g/mol. The topological polar surface area (TPSA) is 49.4 Å². The third-order valence-electron chi connectivity index (χ3n) is 3.11. The van der Waals surface area contributed by atoms with Crippen LogP contribution in [0.1, 0.15) is 18.9 Å². The molecule has 1 aliphatic rings. The Labute approximate surface area is 115 Å². The average molecular weight is 285 g/mol. The van der Waals surface area contributed by atoms with Crippen LogP contribution in [0.3, 0.4) is 0 Å². The van der Waals surface area contributed by atoms with E-state index >= 15 is 0 Å². The highest BCUT2D eigenvalue weighted by Crippen LogP contribution is 2.18. The molecule has 1 aliphatic heterocycles. The predicted molar refractivity (Wildman–Crippen MR) is 69.0 cm³/mol. The Morgan fingerprint density at radius 3 is 2.89 bits per heavy atom. The van der Waals surface area contributed by atoms with Gasteiger partial charge in [-0.2, -0.15) is 0 Å². The zero-order valence-electron chi connectivity index (χ0n) is 10.5. The first-order chi connectivity index (χ1) is 9.02. The largest absolute Gasteiger partial charge is 0.297 e. The summed E-state index contributed by atoms with van der Waals surface area (Å²) in [5, 5.41) is 3.22. The van der Waals surface area contributed by atoms with E-state index in [4.69, 9.17) is 11.6 Å². The van der Waals surface area contributed by atoms with E-state index in [2.05, 4.69) is 5.32 Å². The van der Waals surface area contributed by atoms with Crippen LogP contribution in [0.4, 0.5) is 4.39 Å². The van der Waals surface area contributed by atoms with Crippen molar-refractivity contribution in [2.45, 2.75) is 25.9 Å². The molecule has 1 N–H and O–H groups in total. The summed E-state index contributed by atoms with van der Waals surface area (Å²) < 4.78 is 13.6. The van der Waals surface area contributed by atoms with Crippen LogP contribution in [0.5, 0.6) is 0 Å². The van der Waals surface area contributed by atoms with Gasteiger partial charge in [-0.25, -0.2) is 4.39 Å². The Bertz CT molecular complexity index is 521. The lowest BCUT2D eigenvalue weighted by Crippen LogP contribution is -2.57. The van der Waals surface area contributed by atoms with E-state index in [1.165, 1.54) is 18.2 Å². The molecule has 2 rings (SSSR count). The number of piperazine rings is 1. The minimum absolute atomic E-state index is 0.0811. The Kier molecular flexibility index (Phi) is 4.17. The lowest BCUT2D eigenvalue weighted by molar-refractivity contribution is -0.150. The number of nitrogens with zero attached hydrogens (tertiary/aromatic N) is 1. The van der Waals surface area contributed by atoms with Crippen molar-refractivity contribution >= 4 is 23.4 Å². The number of hydrogen-bond acceptors (Lipinski definition) is 3. The maximum absolute atomic E-state index is 13.6. The van der Waals surface area contributed by atoms with E-state index in [0.717, 1.165) is 4.90 Å². The molecule has 4 nitrogen and oxygen atoms in total. The van der Waals surface area contributed by atoms with Crippen molar-refractivity contribution in [1.82, 2.24) is 10.2 Å². The number of carbonyl (C=O) groups is 2. The highest BCUT2D eigenvalue weighted by atomic mass is 35.5. The number of nitrogens with one attached hydrogen (secondary N) is 1. The molecule has 0 radical (unpaired) electrons. The molecule has 19 heavy (non-hydrogen) atoms. The molecule has 0 spiro atoms. The first kappa shape index (κ1) is 14.0. The number of benzene rings is 1. The van der Waals surface area contributed by atoms with E-state index in [9.17, 15) is 14.0 Å². The molecule has 0 saturated carbocycles. The van der Waals surface area contributed by atoms with Crippen LogP contribution in [-0.2, 0) is 16.1 Å². The van der Waals surface area contributed by atoms with E-state index < -0.39 is 5.82 Å². The minimum Gasteiger partial charge on any atom is -0.297 e. The monoisotopic (exact) mass is 284 g/mol. The third kappa shape index (κ3) is 2.93. The smallest absolute Gasteiger partial charge is 0.246 e. The molecule has 1 unspecified atom stereocenters. The van der Waals surface area contributed by atoms with Crippen molar-refractivity contribution in [3.05, 3.63) is 34.6 Å². The fraction of sp³-hybridized carbons (Fsp3) is 0.385. The Morgan fingerprint density at radius 2 is 2.21 bits per heavy atom.